The minimum Gasteiger partial charge on any atom is -0.508 e. The maximum absolute atomic E-state index is 14.3. The molecule has 1 saturated carbocycles. The number of primary amides is 1. The van der Waals surface area contributed by atoms with Gasteiger partial charge in [0.25, 0.3) is 11.1 Å². The summed E-state index contributed by atoms with van der Waals surface area (Å²) < 4.78 is 27.1. The second-order valence-corrected chi connectivity index (χ2v) is 18.0. The Kier molecular flexibility index (Phi) is 9.97. The van der Waals surface area contributed by atoms with Crippen molar-refractivity contribution in [2.45, 2.75) is 45.3 Å². The second kappa shape index (κ2) is 14.3. The third kappa shape index (κ3) is 6.03. The van der Waals surface area contributed by atoms with Crippen molar-refractivity contribution in [3.8, 4) is 5.75 Å². The zero-order chi connectivity index (χ0) is 42.3. The molecule has 0 bridgehead atoms. The van der Waals surface area contributed by atoms with Gasteiger partial charge in [-0.15, -0.1) is 0 Å². The van der Waals surface area contributed by atoms with Crippen LogP contribution in [-0.4, -0.2) is 108 Å². The Morgan fingerprint density at radius 1 is 0.914 bits per heavy atom. The topological polar surface area (TPSA) is 248 Å². The number of sulfone groups is 1. The predicted octanol–water partition coefficient (Wildman–Crippen LogP) is 3.87. The molecule has 7 rings (SSSR count). The lowest BCUT2D eigenvalue weighted by atomic mass is 9.54. The molecule has 0 aliphatic heterocycles. The number of hydrogen-bond donors (Lipinski definition) is 7. The van der Waals surface area contributed by atoms with Crippen molar-refractivity contribution in [2.75, 3.05) is 38.4 Å². The van der Waals surface area contributed by atoms with Crippen molar-refractivity contribution in [3.63, 3.8) is 0 Å². The number of nitrogens with zero attached hydrogens (tertiary/aromatic N) is 2. The lowest BCUT2D eigenvalue weighted by Crippen LogP contribution is -2.70. The van der Waals surface area contributed by atoms with Gasteiger partial charge in [-0.25, -0.2) is 8.42 Å². The Hall–Kier alpha value is -5.72. The first-order valence-electron chi connectivity index (χ1n) is 18.0. The summed E-state index contributed by atoms with van der Waals surface area (Å²) >= 11 is 0.686. The summed E-state index contributed by atoms with van der Waals surface area (Å²) in [7, 11) is 2.72. The third-order valence-electron chi connectivity index (χ3n) is 11.3. The molecule has 17 heteroatoms. The highest BCUT2D eigenvalue weighted by Gasteiger charge is 2.68. The maximum Gasteiger partial charge on any atom is 0.288 e. The number of likely N-dealkylation sites (N-methyl/N-ethyl adjacent to an activating group) is 1. The van der Waals surface area contributed by atoms with E-state index in [1.165, 1.54) is 55.4 Å². The summed E-state index contributed by atoms with van der Waals surface area (Å²) in [6.07, 6.45) is -1.75. The van der Waals surface area contributed by atoms with E-state index in [0.717, 1.165) is 16.5 Å². The average Bonchev–Trinajstić information content (AvgIpc) is 3.16. The van der Waals surface area contributed by atoms with Gasteiger partial charge in [-0.2, -0.15) is 0 Å². The lowest BCUT2D eigenvalue weighted by molar-refractivity contribution is -0.169. The zero-order valence-corrected chi connectivity index (χ0v) is 33.4. The number of hydrogen-bond acceptors (Lipinski definition) is 14. The van der Waals surface area contributed by atoms with Gasteiger partial charge >= 0.3 is 0 Å². The molecule has 0 spiro atoms. The normalized spacial score (nSPS) is 24.4. The number of amides is 2. The number of aliphatic hydroxyl groups excluding tert-OH is 3. The van der Waals surface area contributed by atoms with Crippen LogP contribution in [0.3, 0.4) is 0 Å². The Morgan fingerprint density at radius 3 is 2.19 bits per heavy atom. The minimum atomic E-state index is -3.92. The SMILES string of the molecule is C[C@H]1c2ccc(NC(=O)Sc3ccc(S(=O)(=O)c4ccc5c(N(C)C)cccc5c4)cc3)c(O)c2C(O)=C2C(=O)[C@]3(O)C(O)=C(C(N)=O)C(=O)[C@@H](N(C)C)C3[C@@H](O)C21. The van der Waals surface area contributed by atoms with Crippen LogP contribution in [0.1, 0.15) is 24.0 Å². The number of aromatic hydroxyl groups is 1. The molecule has 2 unspecified atom stereocenters. The third-order valence-corrected chi connectivity index (χ3v) is 13.9. The number of phenols is 1. The van der Waals surface area contributed by atoms with Crippen molar-refractivity contribution >= 4 is 72.2 Å². The molecule has 3 aliphatic carbocycles. The Balaban J connectivity index is 1.16. The van der Waals surface area contributed by atoms with Gasteiger partial charge in [0, 0.05) is 41.6 Å². The number of carbonyl (C=O) groups is 4. The zero-order valence-electron chi connectivity index (χ0n) is 31.8. The highest BCUT2D eigenvalue weighted by atomic mass is 32.2. The van der Waals surface area contributed by atoms with E-state index in [2.05, 4.69) is 5.32 Å². The van der Waals surface area contributed by atoms with E-state index in [1.807, 2.05) is 37.2 Å². The molecule has 4 aromatic rings. The summed E-state index contributed by atoms with van der Waals surface area (Å²) in [5.74, 6) is -10.4. The first-order chi connectivity index (χ1) is 27.2. The van der Waals surface area contributed by atoms with Crippen molar-refractivity contribution in [1.29, 1.82) is 0 Å². The Morgan fingerprint density at radius 2 is 1.57 bits per heavy atom. The number of thioether (sulfide) groups is 1. The molecule has 2 amide bonds. The summed E-state index contributed by atoms with van der Waals surface area (Å²) in [5, 5.41) is 61.3. The number of carbonyl (C=O) groups excluding carboxylic acids is 4. The van der Waals surface area contributed by atoms with E-state index in [4.69, 9.17) is 5.73 Å². The van der Waals surface area contributed by atoms with Crippen LogP contribution in [-0.2, 0) is 24.2 Å². The van der Waals surface area contributed by atoms with Crippen molar-refractivity contribution in [1.82, 2.24) is 4.90 Å². The quantitative estimate of drug-likeness (QED) is 0.0795. The van der Waals surface area contributed by atoms with E-state index in [-0.39, 0.29) is 26.6 Å². The number of anilines is 2. The molecule has 15 nitrogen and oxygen atoms in total. The number of rotatable bonds is 7. The first kappa shape index (κ1) is 40.5. The van der Waals surface area contributed by atoms with Crippen LogP contribution in [0.4, 0.5) is 16.2 Å². The second-order valence-electron chi connectivity index (χ2n) is 15.0. The highest BCUT2D eigenvalue weighted by Crippen LogP contribution is 2.56. The smallest absolute Gasteiger partial charge is 0.288 e. The monoisotopic (exact) mass is 828 g/mol. The average molecular weight is 829 g/mol. The van der Waals surface area contributed by atoms with Crippen LogP contribution in [0.15, 0.2) is 104 Å². The number of phenolic OH excluding ortho intramolecular Hbond substituents is 1. The standard InChI is InChI=1S/C41H40N4O11S2/c1-18-23-15-16-25(43-40(53)57-20-9-11-21(12-10-20)58(55,56)22-13-14-24-19(17-22)7-6-8-26(24)44(2)3)33(46)28(23)34(47)29-27(18)35(48)31-32(45(4)5)36(49)30(39(42)52)38(51)41(31,54)37(29)50/h6-18,27,31-32,35,46-48,51,54H,1-5H3,(H2,42,52)(H,43,53)/t18-,27?,31?,32-,35-,41-/m0/s1. The van der Waals surface area contributed by atoms with Gasteiger partial charge in [0.2, 0.25) is 15.6 Å². The van der Waals surface area contributed by atoms with E-state index in [1.54, 1.807) is 25.1 Å². The summed E-state index contributed by atoms with van der Waals surface area (Å²) in [6, 6.07) is 17.5. The van der Waals surface area contributed by atoms with E-state index < -0.39 is 96.5 Å². The van der Waals surface area contributed by atoms with Gasteiger partial charge in [0.1, 0.15) is 22.8 Å². The van der Waals surface area contributed by atoms with Crippen LogP contribution >= 0.6 is 11.8 Å². The van der Waals surface area contributed by atoms with Gasteiger partial charge < -0.3 is 41.5 Å². The van der Waals surface area contributed by atoms with E-state index >= 15 is 0 Å². The highest BCUT2D eigenvalue weighted by molar-refractivity contribution is 8.14. The fraction of sp³-hybridized carbons (Fsp3) is 0.268. The number of nitrogens with one attached hydrogen (secondary N) is 1. The fourth-order valence-corrected chi connectivity index (χ4v) is 10.5. The van der Waals surface area contributed by atoms with Crippen molar-refractivity contribution < 1.29 is 53.1 Å². The maximum atomic E-state index is 14.3. The van der Waals surface area contributed by atoms with Crippen LogP contribution in [0.5, 0.6) is 5.75 Å². The number of Topliss-reactive ketones (excluding diaryl/α,β-unsaturated/α-hetero) is 2. The van der Waals surface area contributed by atoms with Crippen LogP contribution in [0.25, 0.3) is 16.5 Å². The van der Waals surface area contributed by atoms with Crippen LogP contribution < -0.4 is 16.0 Å². The fourth-order valence-electron chi connectivity index (χ4n) is 8.58. The molecule has 6 atom stereocenters. The van der Waals surface area contributed by atoms with Crippen LogP contribution in [0.2, 0.25) is 0 Å². The molecule has 302 valence electrons. The van der Waals surface area contributed by atoms with Gasteiger partial charge in [0.15, 0.2) is 11.4 Å². The summed E-state index contributed by atoms with van der Waals surface area (Å²) in [5.41, 5.74) is 1.44. The Bertz CT molecular complexity index is 2640. The van der Waals surface area contributed by atoms with Gasteiger partial charge in [-0.1, -0.05) is 31.2 Å². The van der Waals surface area contributed by atoms with Crippen molar-refractivity contribution in [3.05, 3.63) is 101 Å². The summed E-state index contributed by atoms with van der Waals surface area (Å²) in [6.45, 7) is 1.59. The number of nitrogens with two attached hydrogens (primary N) is 1. The first-order valence-corrected chi connectivity index (χ1v) is 20.3. The molecule has 8 N–H and O–H groups in total. The number of ketones is 2. The number of aliphatic hydroxyl groups is 4. The molecule has 58 heavy (non-hydrogen) atoms. The summed E-state index contributed by atoms with van der Waals surface area (Å²) in [4.78, 5) is 56.8. The molecular weight excluding hydrogens is 789 g/mol. The molecule has 4 aromatic carbocycles. The van der Waals surface area contributed by atoms with E-state index in [0.29, 0.717) is 16.7 Å². The lowest BCUT2D eigenvalue weighted by Gasteiger charge is -2.53. The minimum absolute atomic E-state index is 0.00807. The largest absolute Gasteiger partial charge is 0.508 e. The predicted molar refractivity (Wildman–Crippen MR) is 215 cm³/mol. The molecular formula is C41H40N4O11S2. The number of benzene rings is 4. The van der Waals surface area contributed by atoms with Gasteiger partial charge in [-0.3, -0.25) is 24.1 Å². The molecule has 0 radical (unpaired) electrons. The molecule has 0 heterocycles. The van der Waals surface area contributed by atoms with Gasteiger partial charge in [-0.05, 0) is 91.3 Å². The van der Waals surface area contributed by atoms with E-state index in [9.17, 15) is 53.1 Å². The number of fused-ring (bicyclic) bond motifs is 4. The van der Waals surface area contributed by atoms with Crippen molar-refractivity contribution in [2.24, 2.45) is 17.6 Å². The van der Waals surface area contributed by atoms with Gasteiger partial charge in [0.05, 0.1) is 39.1 Å². The molecule has 0 saturated heterocycles. The Labute approximate surface area is 337 Å². The molecule has 0 aromatic heterocycles. The van der Waals surface area contributed by atoms with Crippen LogP contribution in [0, 0.1) is 11.8 Å². The molecule has 3 aliphatic rings. The molecule has 1 fully saturated rings.